The second-order valence-corrected chi connectivity index (χ2v) is 2.92. The number of methoxy groups -OCH3 is 3. The highest BCUT2D eigenvalue weighted by Crippen LogP contribution is 2.24. The Kier molecular flexibility index (Phi) is 4.08. The number of hydrogen-bond acceptors (Lipinski definition) is 5. The van der Waals surface area contributed by atoms with Gasteiger partial charge in [-0.2, -0.15) is 0 Å². The van der Waals surface area contributed by atoms with E-state index in [1.54, 1.807) is 14.2 Å². The van der Waals surface area contributed by atoms with Crippen LogP contribution in [0.3, 0.4) is 0 Å². The van der Waals surface area contributed by atoms with Crippen LogP contribution in [0.5, 0.6) is 0 Å². The van der Waals surface area contributed by atoms with E-state index in [9.17, 15) is 5.11 Å². The number of ether oxygens (including phenoxy) is 4. The molecule has 1 N–H and O–H groups in total. The van der Waals surface area contributed by atoms with Gasteiger partial charge in [0.25, 0.3) is 0 Å². The lowest BCUT2D eigenvalue weighted by molar-refractivity contribution is -0.141. The van der Waals surface area contributed by atoms with Crippen LogP contribution >= 0.6 is 0 Å². The van der Waals surface area contributed by atoms with E-state index >= 15 is 0 Å². The standard InChI is InChI=1S/C8H16O5/c1-10-4-5-6(11-2)7(12-3)8(9)13-5/h5-9H,4H2,1-3H3/t5-,6+,7?,8-/m1/s1. The molecule has 0 aliphatic carbocycles. The summed E-state index contributed by atoms with van der Waals surface area (Å²) >= 11 is 0. The van der Waals surface area contributed by atoms with Gasteiger partial charge in [-0.25, -0.2) is 0 Å². The molecule has 0 aromatic rings. The average Bonchev–Trinajstić information content (AvgIpc) is 2.41. The van der Waals surface area contributed by atoms with Crippen molar-refractivity contribution >= 4 is 0 Å². The van der Waals surface area contributed by atoms with Crippen molar-refractivity contribution in [3.05, 3.63) is 0 Å². The van der Waals surface area contributed by atoms with Crippen molar-refractivity contribution in [3.63, 3.8) is 0 Å². The van der Waals surface area contributed by atoms with Crippen molar-refractivity contribution in [2.45, 2.75) is 24.6 Å². The van der Waals surface area contributed by atoms with Gasteiger partial charge in [-0.05, 0) is 0 Å². The summed E-state index contributed by atoms with van der Waals surface area (Å²) in [5, 5.41) is 9.40. The van der Waals surface area contributed by atoms with Crippen LogP contribution in [0.2, 0.25) is 0 Å². The minimum atomic E-state index is -0.935. The minimum absolute atomic E-state index is 0.269. The lowest BCUT2D eigenvalue weighted by atomic mass is 10.1. The molecule has 78 valence electrons. The van der Waals surface area contributed by atoms with Gasteiger partial charge in [0.2, 0.25) is 0 Å². The van der Waals surface area contributed by atoms with E-state index in [0.29, 0.717) is 6.61 Å². The van der Waals surface area contributed by atoms with E-state index in [1.807, 2.05) is 0 Å². The Balaban J connectivity index is 2.57. The van der Waals surface area contributed by atoms with E-state index in [1.165, 1.54) is 7.11 Å². The summed E-state index contributed by atoms with van der Waals surface area (Å²) in [7, 11) is 4.64. The van der Waals surface area contributed by atoms with Gasteiger partial charge in [-0.3, -0.25) is 0 Å². The van der Waals surface area contributed by atoms with Gasteiger partial charge >= 0.3 is 0 Å². The molecule has 1 aliphatic heterocycles. The van der Waals surface area contributed by atoms with E-state index in [-0.39, 0.29) is 12.2 Å². The molecular formula is C8H16O5. The van der Waals surface area contributed by atoms with Crippen LogP contribution in [-0.4, -0.2) is 57.6 Å². The van der Waals surface area contributed by atoms with Crippen LogP contribution in [0, 0.1) is 0 Å². The monoisotopic (exact) mass is 192 g/mol. The highest BCUT2D eigenvalue weighted by atomic mass is 16.7. The van der Waals surface area contributed by atoms with Crippen LogP contribution in [0.25, 0.3) is 0 Å². The molecule has 0 spiro atoms. The van der Waals surface area contributed by atoms with Gasteiger partial charge in [-0.15, -0.1) is 0 Å². The largest absolute Gasteiger partial charge is 0.382 e. The maximum absolute atomic E-state index is 9.40. The number of hydrogen-bond donors (Lipinski definition) is 1. The third-order valence-corrected chi connectivity index (χ3v) is 2.16. The molecule has 1 saturated heterocycles. The SMILES string of the molecule is COC[C@H]1O[C@@H](O)C(OC)[C@H]1OC. The second kappa shape index (κ2) is 4.88. The molecule has 1 rings (SSSR count). The Morgan fingerprint density at radius 3 is 2.23 bits per heavy atom. The van der Waals surface area contributed by atoms with E-state index in [0.717, 1.165) is 0 Å². The molecule has 0 amide bonds. The third kappa shape index (κ3) is 2.18. The zero-order chi connectivity index (χ0) is 9.84. The maximum Gasteiger partial charge on any atom is 0.184 e. The van der Waals surface area contributed by atoms with Gasteiger partial charge in [0.05, 0.1) is 6.61 Å². The van der Waals surface area contributed by atoms with Gasteiger partial charge in [0, 0.05) is 21.3 Å². The Morgan fingerprint density at radius 1 is 1.15 bits per heavy atom. The van der Waals surface area contributed by atoms with Crippen molar-refractivity contribution in [1.82, 2.24) is 0 Å². The smallest absolute Gasteiger partial charge is 0.184 e. The normalized spacial score (nSPS) is 39.7. The van der Waals surface area contributed by atoms with Crippen molar-refractivity contribution < 1.29 is 24.1 Å². The van der Waals surface area contributed by atoms with Crippen molar-refractivity contribution in [3.8, 4) is 0 Å². The summed E-state index contributed by atoms with van der Waals surface area (Å²) < 4.78 is 20.3. The summed E-state index contributed by atoms with van der Waals surface area (Å²) in [5.74, 6) is 0. The zero-order valence-corrected chi connectivity index (χ0v) is 8.10. The highest BCUT2D eigenvalue weighted by molar-refractivity contribution is 4.88. The zero-order valence-electron chi connectivity index (χ0n) is 8.10. The summed E-state index contributed by atoms with van der Waals surface area (Å²) in [6.45, 7) is 0.384. The molecule has 1 heterocycles. The highest BCUT2D eigenvalue weighted by Gasteiger charge is 2.44. The van der Waals surface area contributed by atoms with Gasteiger partial charge < -0.3 is 24.1 Å². The molecule has 0 bridgehead atoms. The summed E-state index contributed by atoms with van der Waals surface area (Å²) in [6, 6.07) is 0. The quantitative estimate of drug-likeness (QED) is 0.643. The molecule has 0 aromatic heterocycles. The molecule has 0 radical (unpaired) electrons. The Hall–Kier alpha value is -0.200. The number of aliphatic hydroxyl groups is 1. The van der Waals surface area contributed by atoms with E-state index in [4.69, 9.17) is 18.9 Å². The Morgan fingerprint density at radius 2 is 1.77 bits per heavy atom. The Labute approximate surface area is 77.5 Å². The minimum Gasteiger partial charge on any atom is -0.382 e. The average molecular weight is 192 g/mol. The van der Waals surface area contributed by atoms with Crippen LogP contribution < -0.4 is 0 Å². The van der Waals surface area contributed by atoms with Crippen LogP contribution in [0.15, 0.2) is 0 Å². The molecule has 5 heteroatoms. The molecule has 1 aliphatic rings. The molecule has 4 atom stereocenters. The fourth-order valence-corrected chi connectivity index (χ4v) is 1.54. The fourth-order valence-electron chi connectivity index (χ4n) is 1.54. The molecule has 0 aromatic carbocycles. The van der Waals surface area contributed by atoms with Crippen molar-refractivity contribution in [2.75, 3.05) is 27.9 Å². The number of rotatable bonds is 4. The lowest BCUT2D eigenvalue weighted by Crippen LogP contribution is -2.37. The summed E-state index contributed by atoms with van der Waals surface area (Å²) in [6.07, 6.45) is -1.92. The first-order valence-corrected chi connectivity index (χ1v) is 4.12. The first-order valence-electron chi connectivity index (χ1n) is 4.12. The fraction of sp³-hybridized carbons (Fsp3) is 1.00. The lowest BCUT2D eigenvalue weighted by Gasteiger charge is -2.19. The molecule has 5 nitrogen and oxygen atoms in total. The van der Waals surface area contributed by atoms with Gasteiger partial charge in [-0.1, -0.05) is 0 Å². The maximum atomic E-state index is 9.40. The summed E-state index contributed by atoms with van der Waals surface area (Å²) in [4.78, 5) is 0. The first kappa shape index (κ1) is 10.9. The molecule has 1 unspecified atom stereocenters. The van der Waals surface area contributed by atoms with Crippen molar-refractivity contribution in [2.24, 2.45) is 0 Å². The Bertz CT molecular complexity index is 151. The third-order valence-electron chi connectivity index (χ3n) is 2.16. The molecular weight excluding hydrogens is 176 g/mol. The van der Waals surface area contributed by atoms with Crippen LogP contribution in [0.4, 0.5) is 0 Å². The second-order valence-electron chi connectivity index (χ2n) is 2.92. The van der Waals surface area contributed by atoms with Crippen molar-refractivity contribution in [1.29, 1.82) is 0 Å². The first-order chi connectivity index (χ1) is 6.24. The number of aliphatic hydroxyl groups excluding tert-OH is 1. The van der Waals surface area contributed by atoms with Crippen LogP contribution in [-0.2, 0) is 18.9 Å². The predicted molar refractivity (Wildman–Crippen MR) is 44.3 cm³/mol. The molecule has 0 saturated carbocycles. The van der Waals surface area contributed by atoms with Crippen LogP contribution in [0.1, 0.15) is 0 Å². The molecule has 1 fully saturated rings. The topological polar surface area (TPSA) is 57.2 Å². The van der Waals surface area contributed by atoms with E-state index in [2.05, 4.69) is 0 Å². The van der Waals surface area contributed by atoms with Gasteiger partial charge in [0.1, 0.15) is 18.3 Å². The molecule has 13 heavy (non-hydrogen) atoms. The summed E-state index contributed by atoms with van der Waals surface area (Å²) in [5.41, 5.74) is 0. The van der Waals surface area contributed by atoms with E-state index < -0.39 is 12.4 Å². The predicted octanol–water partition coefficient (Wildman–Crippen LogP) is -0.620. The van der Waals surface area contributed by atoms with Gasteiger partial charge in [0.15, 0.2) is 6.29 Å².